The molecule has 2 N–H and O–H groups in total. The number of ether oxygens (including phenoxy) is 1. The number of pyridine rings is 1. The third kappa shape index (κ3) is 6.71. The number of aliphatic hydroxyl groups excluding tert-OH is 1. The van der Waals surface area contributed by atoms with Crippen LogP contribution < -0.4 is 0 Å². The summed E-state index contributed by atoms with van der Waals surface area (Å²) in [6.45, 7) is 8.75. The van der Waals surface area contributed by atoms with Crippen molar-refractivity contribution >= 4 is 12.0 Å². The Hall–Kier alpha value is -2.57. The summed E-state index contributed by atoms with van der Waals surface area (Å²) in [5.74, 6) is -0.977. The minimum atomic E-state index is -1.01. The van der Waals surface area contributed by atoms with Crippen LogP contribution in [0.3, 0.4) is 0 Å². The Morgan fingerprint density at radius 3 is 2.28 bits per heavy atom. The number of allylic oxidation sites excluding steroid dienone is 1. The van der Waals surface area contributed by atoms with Gasteiger partial charge >= 0.3 is 5.97 Å². The van der Waals surface area contributed by atoms with Crippen LogP contribution >= 0.6 is 0 Å². The monoisotopic (exact) mass is 443 g/mol. The maximum atomic E-state index is 13.7. The topological polar surface area (TPSA) is 79.7 Å². The molecule has 0 bridgehead atoms. The highest BCUT2D eigenvalue weighted by Crippen LogP contribution is 2.37. The molecular formula is C26H34FNO4. The van der Waals surface area contributed by atoms with Crippen molar-refractivity contribution in [3.63, 3.8) is 0 Å². The first-order chi connectivity index (χ1) is 15.1. The number of hydrogen-bond donors (Lipinski definition) is 2. The number of aliphatic carboxylic acids is 1. The summed E-state index contributed by atoms with van der Waals surface area (Å²) in [6, 6.07) is 6.44. The first-order valence-electron chi connectivity index (χ1n) is 11.0. The smallest absolute Gasteiger partial charge is 0.305 e. The third-order valence-electron chi connectivity index (χ3n) is 5.27. The first-order valence-corrected chi connectivity index (χ1v) is 11.0. The zero-order valence-electron chi connectivity index (χ0n) is 19.6. The van der Waals surface area contributed by atoms with Crippen molar-refractivity contribution in [2.75, 3.05) is 7.11 Å². The molecule has 1 aromatic carbocycles. The van der Waals surface area contributed by atoms with Gasteiger partial charge in [-0.15, -0.1) is 0 Å². The lowest BCUT2D eigenvalue weighted by Gasteiger charge is -2.23. The average molecular weight is 444 g/mol. The number of methoxy groups -OCH3 is 1. The van der Waals surface area contributed by atoms with Crippen LogP contribution in [0, 0.1) is 5.82 Å². The fraction of sp³-hybridized carbons (Fsp3) is 0.462. The van der Waals surface area contributed by atoms with E-state index in [1.807, 2.05) is 12.2 Å². The van der Waals surface area contributed by atoms with E-state index in [1.54, 1.807) is 19.2 Å². The quantitative estimate of drug-likeness (QED) is 0.451. The zero-order valence-corrected chi connectivity index (χ0v) is 19.6. The molecule has 0 aliphatic heterocycles. The number of carbonyl (C=O) groups is 1. The van der Waals surface area contributed by atoms with Crippen LogP contribution in [-0.4, -0.2) is 34.4 Å². The summed E-state index contributed by atoms with van der Waals surface area (Å²) >= 11 is 0. The lowest BCUT2D eigenvalue weighted by Crippen LogP contribution is -2.12. The highest BCUT2D eigenvalue weighted by Gasteiger charge is 2.22. The Labute approximate surface area is 190 Å². The van der Waals surface area contributed by atoms with Gasteiger partial charge in [0.2, 0.25) is 0 Å². The Balaban J connectivity index is 2.63. The maximum Gasteiger partial charge on any atom is 0.305 e. The van der Waals surface area contributed by atoms with Gasteiger partial charge in [-0.2, -0.15) is 0 Å². The number of halogens is 1. The van der Waals surface area contributed by atoms with Gasteiger partial charge in [0.05, 0.1) is 24.8 Å². The number of carboxylic acids is 1. The Morgan fingerprint density at radius 1 is 1.12 bits per heavy atom. The van der Waals surface area contributed by atoms with Crippen molar-refractivity contribution < 1.29 is 24.1 Å². The molecule has 2 rings (SSSR count). The van der Waals surface area contributed by atoms with Crippen molar-refractivity contribution in [2.24, 2.45) is 0 Å². The van der Waals surface area contributed by atoms with Gasteiger partial charge in [-0.3, -0.25) is 9.78 Å². The molecule has 0 saturated heterocycles. The molecule has 0 spiro atoms. The molecule has 5 nitrogen and oxygen atoms in total. The molecule has 6 heteroatoms. The van der Waals surface area contributed by atoms with E-state index in [2.05, 4.69) is 27.7 Å². The van der Waals surface area contributed by atoms with E-state index in [0.29, 0.717) is 19.4 Å². The van der Waals surface area contributed by atoms with E-state index in [0.717, 1.165) is 33.6 Å². The lowest BCUT2D eigenvalue weighted by atomic mass is 9.87. The van der Waals surface area contributed by atoms with Crippen LogP contribution in [0.5, 0.6) is 0 Å². The number of hydrogen-bond acceptors (Lipinski definition) is 4. The van der Waals surface area contributed by atoms with Gasteiger partial charge in [0.25, 0.3) is 0 Å². The number of rotatable bonds is 11. The van der Waals surface area contributed by atoms with E-state index in [9.17, 15) is 14.3 Å². The number of carboxylic acid groups (broad SMARTS) is 1. The molecule has 0 fully saturated rings. The summed E-state index contributed by atoms with van der Waals surface area (Å²) in [5, 5.41) is 18.7. The van der Waals surface area contributed by atoms with Crippen molar-refractivity contribution in [3.8, 4) is 11.1 Å². The van der Waals surface area contributed by atoms with Crippen molar-refractivity contribution in [2.45, 2.75) is 71.5 Å². The minimum Gasteiger partial charge on any atom is -0.481 e. The summed E-state index contributed by atoms with van der Waals surface area (Å²) in [7, 11) is 1.65. The molecule has 174 valence electrons. The highest BCUT2D eigenvalue weighted by atomic mass is 19.1. The standard InChI is InChI=1S/C26H34FNO4/c1-16(2)25-21(9-7-6-8-20(29)14-23(30)31)24(18-10-12-19(27)13-11-18)22(15-32-5)26(28-25)17(3)4/h7,9-13,16-17,20,29H,6,8,14-15H2,1-5H3,(H,30,31)/b9-7+. The average Bonchev–Trinajstić information content (AvgIpc) is 2.71. The van der Waals surface area contributed by atoms with E-state index < -0.39 is 12.1 Å². The molecule has 1 heterocycles. The van der Waals surface area contributed by atoms with E-state index >= 15 is 0 Å². The third-order valence-corrected chi connectivity index (χ3v) is 5.27. The van der Waals surface area contributed by atoms with Crippen molar-refractivity contribution in [1.29, 1.82) is 0 Å². The van der Waals surface area contributed by atoms with E-state index in [1.165, 1.54) is 12.1 Å². The molecule has 1 aromatic heterocycles. The maximum absolute atomic E-state index is 13.7. The van der Waals surface area contributed by atoms with Crippen LogP contribution in [0.2, 0.25) is 0 Å². The van der Waals surface area contributed by atoms with Crippen LogP contribution in [0.1, 0.15) is 81.3 Å². The van der Waals surface area contributed by atoms with Gasteiger partial charge in [0.15, 0.2) is 0 Å². The number of aliphatic hydroxyl groups is 1. The first kappa shape index (κ1) is 25.7. The van der Waals surface area contributed by atoms with Gasteiger partial charge < -0.3 is 14.9 Å². The van der Waals surface area contributed by atoms with Crippen molar-refractivity contribution in [3.05, 3.63) is 58.7 Å². The van der Waals surface area contributed by atoms with Crippen LogP contribution in [0.15, 0.2) is 30.3 Å². The Bertz CT molecular complexity index is 936. The lowest BCUT2D eigenvalue weighted by molar-refractivity contribution is -0.139. The minimum absolute atomic E-state index is 0.153. The molecule has 32 heavy (non-hydrogen) atoms. The van der Waals surface area contributed by atoms with Gasteiger partial charge in [-0.25, -0.2) is 4.39 Å². The van der Waals surface area contributed by atoms with E-state index in [4.69, 9.17) is 14.8 Å². The SMILES string of the molecule is COCc1c(C(C)C)nc(C(C)C)c(/C=C/CCC(O)CC(=O)O)c1-c1ccc(F)cc1. The molecule has 2 aromatic rings. The molecule has 0 aliphatic carbocycles. The summed E-state index contributed by atoms with van der Waals surface area (Å²) < 4.78 is 19.2. The van der Waals surface area contributed by atoms with Gasteiger partial charge in [0.1, 0.15) is 5.82 Å². The Morgan fingerprint density at radius 2 is 1.75 bits per heavy atom. The number of nitrogens with zero attached hydrogens (tertiary/aromatic N) is 1. The van der Waals surface area contributed by atoms with E-state index in [-0.39, 0.29) is 24.1 Å². The molecule has 1 unspecified atom stereocenters. The summed E-state index contributed by atoms with van der Waals surface area (Å²) in [6.07, 6.45) is 3.65. The second-order valence-corrected chi connectivity index (χ2v) is 8.63. The predicted octanol–water partition coefficient (Wildman–Crippen LogP) is 5.91. The number of aromatic nitrogens is 1. The molecule has 0 aliphatic rings. The van der Waals surface area contributed by atoms with Gasteiger partial charge in [-0.05, 0) is 47.9 Å². The highest BCUT2D eigenvalue weighted by molar-refractivity contribution is 5.80. The Kier molecular flexibility index (Phi) is 9.54. The molecule has 0 amide bonds. The van der Waals surface area contributed by atoms with Crippen LogP contribution in [-0.2, 0) is 16.1 Å². The van der Waals surface area contributed by atoms with Crippen LogP contribution in [0.4, 0.5) is 4.39 Å². The number of benzene rings is 1. The summed E-state index contributed by atoms with van der Waals surface area (Å²) in [5.41, 5.74) is 5.67. The predicted molar refractivity (Wildman–Crippen MR) is 125 cm³/mol. The largest absolute Gasteiger partial charge is 0.481 e. The fourth-order valence-electron chi connectivity index (χ4n) is 3.79. The van der Waals surface area contributed by atoms with Gasteiger partial charge in [0, 0.05) is 23.9 Å². The zero-order chi connectivity index (χ0) is 23.8. The van der Waals surface area contributed by atoms with Crippen molar-refractivity contribution in [1.82, 2.24) is 4.98 Å². The molecule has 0 radical (unpaired) electrons. The summed E-state index contributed by atoms with van der Waals surface area (Å²) in [4.78, 5) is 15.8. The molecule has 1 atom stereocenters. The van der Waals surface area contributed by atoms with Crippen LogP contribution in [0.25, 0.3) is 17.2 Å². The molecule has 0 saturated carbocycles. The normalized spacial score (nSPS) is 12.8. The van der Waals surface area contributed by atoms with Gasteiger partial charge in [-0.1, -0.05) is 52.0 Å². The second-order valence-electron chi connectivity index (χ2n) is 8.63. The fourth-order valence-corrected chi connectivity index (χ4v) is 3.79. The second kappa shape index (κ2) is 11.9. The molecular weight excluding hydrogens is 409 g/mol.